The number of nitrogens with zero attached hydrogens (tertiary/aromatic N) is 1. The van der Waals surface area contributed by atoms with Crippen LogP contribution in [0.3, 0.4) is 0 Å². The largest absolute Gasteiger partial charge is 0.311 e. The third-order valence-electron chi connectivity index (χ3n) is 1.84. The minimum Gasteiger partial charge on any atom is -0.311 e. The quantitative estimate of drug-likeness (QED) is 0.678. The summed E-state index contributed by atoms with van der Waals surface area (Å²) in [6.45, 7) is 3.05. The number of rotatable bonds is 5. The van der Waals surface area contributed by atoms with E-state index in [1.54, 1.807) is 0 Å². The van der Waals surface area contributed by atoms with Gasteiger partial charge in [-0.3, -0.25) is 0 Å². The second kappa shape index (κ2) is 5.73. The van der Waals surface area contributed by atoms with Gasteiger partial charge in [0, 0.05) is 19.6 Å². The van der Waals surface area contributed by atoms with E-state index in [2.05, 4.69) is 36.4 Å². The van der Waals surface area contributed by atoms with Gasteiger partial charge in [0.25, 0.3) is 0 Å². The van der Waals surface area contributed by atoms with Crippen LogP contribution in [0.25, 0.3) is 0 Å². The number of nitrogens with one attached hydrogen (secondary N) is 1. The molecule has 1 N–H and O–H groups in total. The van der Waals surface area contributed by atoms with Crippen molar-refractivity contribution in [3.05, 3.63) is 35.9 Å². The number of benzene rings is 1. The van der Waals surface area contributed by atoms with E-state index < -0.39 is 0 Å². The van der Waals surface area contributed by atoms with Crippen LogP contribution in [-0.4, -0.2) is 32.1 Å². The van der Waals surface area contributed by atoms with Gasteiger partial charge in [-0.05, 0) is 31.8 Å². The standard InChI is InChI=1S/C11H17N2/c1-13(2)9-8-12-10-11-6-4-3-5-7-11/h3-4,6-7,12H,8-10H2,1-2H3. The Hall–Kier alpha value is -0.860. The van der Waals surface area contributed by atoms with Crippen LogP contribution in [0.1, 0.15) is 5.56 Å². The molecule has 0 spiro atoms. The van der Waals surface area contributed by atoms with Crippen LogP contribution in [-0.2, 0) is 6.54 Å². The first kappa shape index (κ1) is 10.2. The molecule has 0 aliphatic rings. The lowest BCUT2D eigenvalue weighted by atomic mass is 10.2. The molecule has 0 fully saturated rings. The van der Waals surface area contributed by atoms with Gasteiger partial charge in [0.05, 0.1) is 0 Å². The lowest BCUT2D eigenvalue weighted by Gasteiger charge is -2.09. The fourth-order valence-corrected chi connectivity index (χ4v) is 1.08. The molecule has 0 saturated heterocycles. The second-order valence-electron chi connectivity index (χ2n) is 3.39. The van der Waals surface area contributed by atoms with Crippen LogP contribution in [0.2, 0.25) is 0 Å². The molecular weight excluding hydrogens is 160 g/mol. The normalized spacial score (nSPS) is 10.7. The molecule has 13 heavy (non-hydrogen) atoms. The first-order valence-corrected chi connectivity index (χ1v) is 4.59. The first-order valence-electron chi connectivity index (χ1n) is 4.59. The van der Waals surface area contributed by atoms with E-state index in [1.807, 2.05) is 18.2 Å². The molecule has 1 aromatic rings. The van der Waals surface area contributed by atoms with Crippen LogP contribution in [0.4, 0.5) is 0 Å². The summed E-state index contributed by atoms with van der Waals surface area (Å²) in [5.74, 6) is 0. The molecule has 0 heterocycles. The molecule has 0 aliphatic heterocycles. The molecule has 0 aromatic heterocycles. The van der Waals surface area contributed by atoms with Crippen LogP contribution >= 0.6 is 0 Å². The van der Waals surface area contributed by atoms with Crippen molar-refractivity contribution in [2.45, 2.75) is 6.54 Å². The second-order valence-corrected chi connectivity index (χ2v) is 3.39. The molecule has 1 aromatic carbocycles. The van der Waals surface area contributed by atoms with Crippen molar-refractivity contribution in [2.24, 2.45) is 0 Å². The average molecular weight is 177 g/mol. The van der Waals surface area contributed by atoms with Crippen molar-refractivity contribution in [3.8, 4) is 0 Å². The van der Waals surface area contributed by atoms with E-state index in [9.17, 15) is 0 Å². The van der Waals surface area contributed by atoms with E-state index in [4.69, 9.17) is 0 Å². The van der Waals surface area contributed by atoms with Gasteiger partial charge in [-0.15, -0.1) is 0 Å². The smallest absolute Gasteiger partial charge is 0.0206 e. The van der Waals surface area contributed by atoms with Crippen molar-refractivity contribution >= 4 is 0 Å². The average Bonchev–Trinajstić information content (AvgIpc) is 2.14. The van der Waals surface area contributed by atoms with Gasteiger partial charge in [0.2, 0.25) is 0 Å². The Kier molecular flexibility index (Phi) is 4.50. The Bertz CT molecular complexity index is 219. The maximum absolute atomic E-state index is 3.37. The van der Waals surface area contributed by atoms with Gasteiger partial charge in [0.1, 0.15) is 0 Å². The molecule has 0 aliphatic carbocycles. The fourth-order valence-electron chi connectivity index (χ4n) is 1.08. The highest BCUT2D eigenvalue weighted by atomic mass is 15.1. The summed E-state index contributed by atoms with van der Waals surface area (Å²) >= 11 is 0. The predicted molar refractivity (Wildman–Crippen MR) is 55.5 cm³/mol. The van der Waals surface area contributed by atoms with E-state index in [0.717, 1.165) is 19.6 Å². The van der Waals surface area contributed by atoms with Gasteiger partial charge in [-0.1, -0.05) is 18.2 Å². The molecule has 0 atom stereocenters. The van der Waals surface area contributed by atoms with Gasteiger partial charge in [-0.2, -0.15) is 0 Å². The Morgan fingerprint density at radius 3 is 2.92 bits per heavy atom. The summed E-state index contributed by atoms with van der Waals surface area (Å²) in [6, 6.07) is 11.1. The van der Waals surface area contributed by atoms with Gasteiger partial charge < -0.3 is 10.2 Å². The molecule has 0 bridgehead atoms. The van der Waals surface area contributed by atoms with Crippen LogP contribution in [0, 0.1) is 6.07 Å². The van der Waals surface area contributed by atoms with E-state index >= 15 is 0 Å². The van der Waals surface area contributed by atoms with Crippen molar-refractivity contribution in [1.29, 1.82) is 0 Å². The summed E-state index contributed by atoms with van der Waals surface area (Å²) in [4.78, 5) is 2.17. The van der Waals surface area contributed by atoms with Crippen molar-refractivity contribution in [3.63, 3.8) is 0 Å². The summed E-state index contributed by atoms with van der Waals surface area (Å²) in [6.07, 6.45) is 0. The van der Waals surface area contributed by atoms with Crippen molar-refractivity contribution < 1.29 is 0 Å². The molecule has 1 radical (unpaired) electrons. The van der Waals surface area contributed by atoms with Crippen molar-refractivity contribution in [2.75, 3.05) is 27.2 Å². The van der Waals surface area contributed by atoms with Gasteiger partial charge in [0.15, 0.2) is 0 Å². The highest BCUT2D eigenvalue weighted by Crippen LogP contribution is 1.95. The summed E-state index contributed by atoms with van der Waals surface area (Å²) in [7, 11) is 4.16. The highest BCUT2D eigenvalue weighted by Gasteiger charge is 1.91. The molecule has 71 valence electrons. The summed E-state index contributed by atoms with van der Waals surface area (Å²) in [5.41, 5.74) is 1.29. The SMILES string of the molecule is CN(C)CCNCc1c[c]ccc1. The minimum absolute atomic E-state index is 0.936. The van der Waals surface area contributed by atoms with E-state index in [1.165, 1.54) is 5.56 Å². The maximum atomic E-state index is 3.37. The Balaban J connectivity index is 2.13. The van der Waals surface area contributed by atoms with E-state index in [0.29, 0.717) is 0 Å². The molecular formula is C11H17N2. The predicted octanol–water partition coefficient (Wildman–Crippen LogP) is 1.14. The molecule has 0 unspecified atom stereocenters. The Morgan fingerprint density at radius 1 is 1.46 bits per heavy atom. The van der Waals surface area contributed by atoms with E-state index in [-0.39, 0.29) is 0 Å². The third kappa shape index (κ3) is 4.65. The number of likely N-dealkylation sites (N-methyl/N-ethyl adjacent to an activating group) is 1. The zero-order valence-electron chi connectivity index (χ0n) is 8.38. The lowest BCUT2D eigenvalue weighted by molar-refractivity contribution is 0.400. The first-order chi connectivity index (χ1) is 6.29. The fraction of sp³-hybridized carbons (Fsp3) is 0.455. The van der Waals surface area contributed by atoms with Gasteiger partial charge >= 0.3 is 0 Å². The van der Waals surface area contributed by atoms with Crippen LogP contribution < -0.4 is 5.32 Å². The zero-order valence-corrected chi connectivity index (χ0v) is 8.38. The molecule has 2 heteroatoms. The third-order valence-corrected chi connectivity index (χ3v) is 1.84. The minimum atomic E-state index is 0.936. The van der Waals surface area contributed by atoms with Crippen molar-refractivity contribution in [1.82, 2.24) is 10.2 Å². The summed E-state index contributed by atoms with van der Waals surface area (Å²) in [5, 5.41) is 3.37. The summed E-state index contributed by atoms with van der Waals surface area (Å²) < 4.78 is 0. The van der Waals surface area contributed by atoms with Gasteiger partial charge in [-0.25, -0.2) is 0 Å². The van der Waals surface area contributed by atoms with Crippen LogP contribution in [0.15, 0.2) is 24.3 Å². The van der Waals surface area contributed by atoms with Crippen LogP contribution in [0.5, 0.6) is 0 Å². The molecule has 0 amide bonds. The topological polar surface area (TPSA) is 15.3 Å². The zero-order chi connectivity index (χ0) is 9.52. The molecule has 2 nitrogen and oxygen atoms in total. The number of hydrogen-bond donors (Lipinski definition) is 1. The highest BCUT2D eigenvalue weighted by molar-refractivity contribution is 5.13. The Morgan fingerprint density at radius 2 is 2.31 bits per heavy atom. The maximum Gasteiger partial charge on any atom is 0.0206 e. The molecule has 0 saturated carbocycles. The monoisotopic (exact) mass is 177 g/mol. The molecule has 1 rings (SSSR count). The Labute approximate surface area is 80.6 Å². The number of hydrogen-bond acceptors (Lipinski definition) is 2. The lowest BCUT2D eigenvalue weighted by Crippen LogP contribution is -2.26.